The summed E-state index contributed by atoms with van der Waals surface area (Å²) in [4.78, 5) is 29.1. The molecule has 1 fully saturated rings. The van der Waals surface area contributed by atoms with Gasteiger partial charge < -0.3 is 5.32 Å². The van der Waals surface area contributed by atoms with Crippen molar-refractivity contribution >= 4 is 22.6 Å². The summed E-state index contributed by atoms with van der Waals surface area (Å²) in [6.45, 7) is 0. The van der Waals surface area contributed by atoms with Gasteiger partial charge in [-0.15, -0.1) is 0 Å². The average Bonchev–Trinajstić information content (AvgIpc) is 3.33. The molecule has 0 spiro atoms. The second-order valence-electron chi connectivity index (χ2n) is 6.81. The first-order chi connectivity index (χ1) is 12.6. The Kier molecular flexibility index (Phi) is 4.24. The van der Waals surface area contributed by atoms with Gasteiger partial charge in [0.25, 0.3) is 5.91 Å². The molecule has 2 aromatic heterocycles. The van der Waals surface area contributed by atoms with Crippen molar-refractivity contribution in [3.05, 3.63) is 59.0 Å². The molecule has 1 amide bonds. The van der Waals surface area contributed by atoms with E-state index in [4.69, 9.17) is 0 Å². The van der Waals surface area contributed by atoms with E-state index in [0.717, 1.165) is 29.3 Å². The van der Waals surface area contributed by atoms with E-state index < -0.39 is 0 Å². The number of ketones is 1. The Morgan fingerprint density at radius 1 is 1.27 bits per heavy atom. The number of amides is 1. The number of rotatable bonds is 6. The predicted molar refractivity (Wildman–Crippen MR) is 98.2 cm³/mol. The molecule has 2 N–H and O–H groups in total. The maximum Gasteiger partial charge on any atom is 0.269 e. The number of nitrogens with zero attached hydrogens (tertiary/aromatic N) is 2. The number of Topliss-reactive ketones (excluding diaryl/α,β-unsaturated/α-hetero) is 1. The van der Waals surface area contributed by atoms with Crippen molar-refractivity contribution < 1.29 is 9.59 Å². The number of nitrogens with one attached hydrogen (secondary N) is 2. The van der Waals surface area contributed by atoms with Gasteiger partial charge in [-0.1, -0.05) is 18.2 Å². The second-order valence-corrected chi connectivity index (χ2v) is 6.81. The van der Waals surface area contributed by atoms with Gasteiger partial charge in [-0.2, -0.15) is 5.10 Å². The summed E-state index contributed by atoms with van der Waals surface area (Å²) < 4.78 is 0. The first-order valence-corrected chi connectivity index (χ1v) is 8.81. The van der Waals surface area contributed by atoms with Crippen LogP contribution in [0.15, 0.2) is 36.5 Å². The summed E-state index contributed by atoms with van der Waals surface area (Å²) in [6, 6.07) is 9.37. The van der Waals surface area contributed by atoms with Gasteiger partial charge in [0.05, 0.1) is 11.7 Å². The lowest BCUT2D eigenvalue weighted by Gasteiger charge is -2.09. The molecule has 4 rings (SSSR count). The standard InChI is InChI=1S/C20H20N4O2/c1-21-20(26)17-10-15(18(25)7-12-5-6-12)9-16(23-17)8-13-3-2-4-14-11-22-24-19(13)14/h2-4,9-12H,5-8H2,1H3,(H,21,26)(H,22,24). The molecule has 1 aliphatic carbocycles. The summed E-state index contributed by atoms with van der Waals surface area (Å²) in [6.07, 6.45) is 5.08. The number of H-pyrrole nitrogens is 1. The smallest absolute Gasteiger partial charge is 0.269 e. The number of fused-ring (bicyclic) bond motifs is 1. The fourth-order valence-corrected chi connectivity index (χ4v) is 3.16. The van der Waals surface area contributed by atoms with Crippen LogP contribution in [0.25, 0.3) is 10.9 Å². The van der Waals surface area contributed by atoms with Crippen molar-refractivity contribution in [1.82, 2.24) is 20.5 Å². The molecule has 132 valence electrons. The van der Waals surface area contributed by atoms with Crippen molar-refractivity contribution in [3.8, 4) is 0 Å². The average molecular weight is 348 g/mol. The molecule has 1 aliphatic rings. The SMILES string of the molecule is CNC(=O)c1cc(C(=O)CC2CC2)cc(Cc2cccc3cn[nH]c23)n1. The molecule has 2 heterocycles. The molecular weight excluding hydrogens is 328 g/mol. The Hall–Kier alpha value is -3.02. The number of hydrogen-bond acceptors (Lipinski definition) is 4. The van der Waals surface area contributed by atoms with Crippen LogP contribution in [0.3, 0.4) is 0 Å². The molecule has 6 nitrogen and oxygen atoms in total. The molecule has 3 aromatic rings. The highest BCUT2D eigenvalue weighted by atomic mass is 16.1. The van der Waals surface area contributed by atoms with E-state index in [1.807, 2.05) is 24.3 Å². The topological polar surface area (TPSA) is 87.7 Å². The van der Waals surface area contributed by atoms with Gasteiger partial charge in [-0.3, -0.25) is 14.7 Å². The van der Waals surface area contributed by atoms with Gasteiger partial charge >= 0.3 is 0 Å². The van der Waals surface area contributed by atoms with E-state index in [0.29, 0.717) is 30.0 Å². The van der Waals surface area contributed by atoms with Crippen molar-refractivity contribution in [2.24, 2.45) is 5.92 Å². The lowest BCUT2D eigenvalue weighted by Crippen LogP contribution is -2.20. The zero-order valence-electron chi connectivity index (χ0n) is 14.6. The first-order valence-electron chi connectivity index (χ1n) is 8.81. The molecule has 1 aromatic carbocycles. The maximum atomic E-state index is 12.6. The highest BCUT2D eigenvalue weighted by molar-refractivity contribution is 6.00. The first kappa shape index (κ1) is 16.4. The van der Waals surface area contributed by atoms with Gasteiger partial charge in [-0.25, -0.2) is 4.98 Å². The van der Waals surface area contributed by atoms with Crippen molar-refractivity contribution in [2.45, 2.75) is 25.7 Å². The normalized spacial score (nSPS) is 13.7. The highest BCUT2D eigenvalue weighted by Crippen LogP contribution is 2.33. The van der Waals surface area contributed by atoms with E-state index in [2.05, 4.69) is 20.5 Å². The summed E-state index contributed by atoms with van der Waals surface area (Å²) in [5, 5.41) is 10.7. The number of aromatic nitrogens is 3. The summed E-state index contributed by atoms with van der Waals surface area (Å²) in [7, 11) is 1.56. The largest absolute Gasteiger partial charge is 0.354 e. The monoisotopic (exact) mass is 348 g/mol. The maximum absolute atomic E-state index is 12.6. The van der Waals surface area contributed by atoms with E-state index in [1.54, 1.807) is 19.3 Å². The third-order valence-electron chi connectivity index (χ3n) is 4.77. The minimum atomic E-state index is -0.285. The minimum Gasteiger partial charge on any atom is -0.354 e. The van der Waals surface area contributed by atoms with Crippen LogP contribution in [0.4, 0.5) is 0 Å². The summed E-state index contributed by atoms with van der Waals surface area (Å²) in [5.74, 6) is 0.300. The van der Waals surface area contributed by atoms with Gasteiger partial charge in [0.1, 0.15) is 5.69 Å². The van der Waals surface area contributed by atoms with Gasteiger partial charge in [-0.05, 0) is 36.5 Å². The van der Waals surface area contributed by atoms with Gasteiger partial charge in [0, 0.05) is 36.5 Å². The number of pyridine rings is 1. The quantitative estimate of drug-likeness (QED) is 0.671. The van der Waals surface area contributed by atoms with E-state index in [9.17, 15) is 9.59 Å². The molecule has 0 aliphatic heterocycles. The van der Waals surface area contributed by atoms with Crippen molar-refractivity contribution in [3.63, 3.8) is 0 Å². The third kappa shape index (κ3) is 3.35. The molecule has 26 heavy (non-hydrogen) atoms. The second kappa shape index (κ2) is 6.71. The van der Waals surface area contributed by atoms with Crippen LogP contribution < -0.4 is 5.32 Å². The third-order valence-corrected chi connectivity index (χ3v) is 4.77. The number of carbonyl (C=O) groups excluding carboxylic acids is 2. The summed E-state index contributed by atoms with van der Waals surface area (Å²) in [5.41, 5.74) is 3.53. The molecule has 0 saturated heterocycles. The Morgan fingerprint density at radius 2 is 2.12 bits per heavy atom. The predicted octanol–water partition coefficient (Wildman–Crippen LogP) is 2.89. The molecular formula is C20H20N4O2. The van der Waals surface area contributed by atoms with Crippen LogP contribution in [0.5, 0.6) is 0 Å². The Morgan fingerprint density at radius 3 is 2.88 bits per heavy atom. The van der Waals surface area contributed by atoms with Crippen LogP contribution in [0, 0.1) is 5.92 Å². The zero-order chi connectivity index (χ0) is 18.1. The minimum absolute atomic E-state index is 0.0843. The molecule has 6 heteroatoms. The van der Waals surface area contributed by atoms with Crippen LogP contribution in [0.1, 0.15) is 51.4 Å². The fourth-order valence-electron chi connectivity index (χ4n) is 3.16. The number of aromatic amines is 1. The van der Waals surface area contributed by atoms with Crippen LogP contribution >= 0.6 is 0 Å². The van der Waals surface area contributed by atoms with Gasteiger partial charge in [0.15, 0.2) is 5.78 Å². The fraction of sp³-hybridized carbons (Fsp3) is 0.300. The molecule has 0 atom stereocenters. The van der Waals surface area contributed by atoms with E-state index in [1.165, 1.54) is 0 Å². The highest BCUT2D eigenvalue weighted by Gasteiger charge is 2.25. The van der Waals surface area contributed by atoms with Crippen LogP contribution in [-0.4, -0.2) is 33.9 Å². The van der Waals surface area contributed by atoms with Crippen LogP contribution in [0.2, 0.25) is 0 Å². The number of carbonyl (C=O) groups is 2. The Balaban J connectivity index is 1.70. The van der Waals surface area contributed by atoms with E-state index in [-0.39, 0.29) is 17.4 Å². The lowest BCUT2D eigenvalue weighted by atomic mass is 10.0. The Labute approximate surface area is 151 Å². The molecule has 0 bridgehead atoms. The Bertz CT molecular complexity index is 988. The zero-order valence-corrected chi connectivity index (χ0v) is 14.6. The van der Waals surface area contributed by atoms with Gasteiger partial charge in [0.2, 0.25) is 0 Å². The number of benzene rings is 1. The molecule has 0 unspecified atom stereocenters. The van der Waals surface area contributed by atoms with E-state index >= 15 is 0 Å². The lowest BCUT2D eigenvalue weighted by molar-refractivity contribution is 0.0958. The molecule has 0 radical (unpaired) electrons. The summed E-state index contributed by atoms with van der Waals surface area (Å²) >= 11 is 0. The molecule has 1 saturated carbocycles. The van der Waals surface area contributed by atoms with Crippen molar-refractivity contribution in [1.29, 1.82) is 0 Å². The van der Waals surface area contributed by atoms with Crippen molar-refractivity contribution in [2.75, 3.05) is 7.05 Å². The van der Waals surface area contributed by atoms with Crippen LogP contribution in [-0.2, 0) is 6.42 Å². The number of para-hydroxylation sites is 1. The number of hydrogen-bond donors (Lipinski definition) is 2.